The molecule has 2 aromatic rings. The van der Waals surface area contributed by atoms with Crippen molar-refractivity contribution in [3.05, 3.63) is 71.5 Å². The van der Waals surface area contributed by atoms with Crippen LogP contribution in [0.15, 0.2) is 54.6 Å². The van der Waals surface area contributed by atoms with E-state index in [0.29, 0.717) is 5.56 Å². The molecular formula is C22H23FN2O4. The van der Waals surface area contributed by atoms with E-state index in [1.54, 1.807) is 4.90 Å². The summed E-state index contributed by atoms with van der Waals surface area (Å²) >= 11 is 0. The third kappa shape index (κ3) is 4.99. The Kier molecular flexibility index (Phi) is 6.26. The van der Waals surface area contributed by atoms with Gasteiger partial charge in [0.1, 0.15) is 5.82 Å². The van der Waals surface area contributed by atoms with E-state index in [9.17, 15) is 23.9 Å². The van der Waals surface area contributed by atoms with Gasteiger partial charge in [0.2, 0.25) is 11.8 Å². The van der Waals surface area contributed by atoms with Gasteiger partial charge in [-0.25, -0.2) is 4.39 Å². The van der Waals surface area contributed by atoms with Crippen molar-refractivity contribution in [3.8, 4) is 0 Å². The fourth-order valence-electron chi connectivity index (χ4n) is 3.60. The summed E-state index contributed by atoms with van der Waals surface area (Å²) < 4.78 is 13.2. The van der Waals surface area contributed by atoms with Gasteiger partial charge in [-0.3, -0.25) is 14.4 Å². The molecule has 0 radical (unpaired) electrons. The Hall–Kier alpha value is -3.22. The Morgan fingerprint density at radius 2 is 1.79 bits per heavy atom. The van der Waals surface area contributed by atoms with Gasteiger partial charge in [0.05, 0.1) is 24.4 Å². The molecule has 0 saturated carbocycles. The van der Waals surface area contributed by atoms with E-state index in [4.69, 9.17) is 0 Å². The maximum Gasteiger partial charge on any atom is 0.305 e. The van der Waals surface area contributed by atoms with Crippen LogP contribution in [0.3, 0.4) is 0 Å². The fraction of sp³-hybridized carbons (Fsp3) is 0.318. The van der Waals surface area contributed by atoms with Crippen LogP contribution in [0.25, 0.3) is 0 Å². The largest absolute Gasteiger partial charge is 0.481 e. The molecule has 1 heterocycles. The minimum Gasteiger partial charge on any atom is -0.481 e. The summed E-state index contributed by atoms with van der Waals surface area (Å²) in [7, 11) is 0. The molecule has 7 heteroatoms. The molecule has 3 unspecified atom stereocenters. The van der Waals surface area contributed by atoms with E-state index in [-0.39, 0.29) is 37.2 Å². The normalized spacial score (nSPS) is 18.3. The zero-order chi connectivity index (χ0) is 21.0. The molecule has 1 fully saturated rings. The van der Waals surface area contributed by atoms with Crippen LogP contribution < -0.4 is 5.32 Å². The molecule has 0 spiro atoms. The van der Waals surface area contributed by atoms with Gasteiger partial charge < -0.3 is 15.3 Å². The van der Waals surface area contributed by atoms with Crippen LogP contribution in [-0.2, 0) is 14.4 Å². The number of carboxylic acids is 1. The van der Waals surface area contributed by atoms with Crippen molar-refractivity contribution in [2.45, 2.75) is 31.8 Å². The molecule has 29 heavy (non-hydrogen) atoms. The van der Waals surface area contributed by atoms with Gasteiger partial charge in [-0.2, -0.15) is 0 Å². The van der Waals surface area contributed by atoms with Crippen molar-refractivity contribution in [2.75, 3.05) is 6.54 Å². The number of likely N-dealkylation sites (tertiary alicyclic amines) is 1. The number of hydrogen-bond donors (Lipinski definition) is 2. The van der Waals surface area contributed by atoms with Gasteiger partial charge in [0.15, 0.2) is 0 Å². The highest BCUT2D eigenvalue weighted by Gasteiger charge is 2.37. The van der Waals surface area contributed by atoms with Crippen LogP contribution in [0.2, 0.25) is 0 Å². The van der Waals surface area contributed by atoms with Crippen molar-refractivity contribution in [1.29, 1.82) is 0 Å². The third-order valence-electron chi connectivity index (χ3n) is 5.25. The smallest absolute Gasteiger partial charge is 0.305 e. The summed E-state index contributed by atoms with van der Waals surface area (Å²) in [4.78, 5) is 38.1. The molecule has 2 amide bonds. The van der Waals surface area contributed by atoms with E-state index < -0.39 is 23.7 Å². The number of aliphatic carboxylic acids is 1. The monoisotopic (exact) mass is 398 g/mol. The first-order valence-corrected chi connectivity index (χ1v) is 9.47. The number of halogens is 1. The van der Waals surface area contributed by atoms with Gasteiger partial charge in [0, 0.05) is 13.0 Å². The van der Waals surface area contributed by atoms with Gasteiger partial charge in [0.25, 0.3) is 0 Å². The standard InChI is InChI=1S/C22H23FN2O4/c1-14(15-5-3-2-4-6-15)25-13-17(11-20(25)26)22(29)24-19(12-21(27)28)16-7-9-18(23)10-8-16/h2-10,14,17,19H,11-13H2,1H3,(H,24,29)(H,27,28). The van der Waals surface area contributed by atoms with E-state index in [1.165, 1.54) is 24.3 Å². The zero-order valence-corrected chi connectivity index (χ0v) is 16.0. The molecule has 0 bridgehead atoms. The molecule has 1 aliphatic heterocycles. The maximum absolute atomic E-state index is 13.2. The summed E-state index contributed by atoms with van der Waals surface area (Å²) in [6.07, 6.45) is -0.256. The van der Waals surface area contributed by atoms with Crippen LogP contribution in [0.1, 0.15) is 43.0 Å². The summed E-state index contributed by atoms with van der Waals surface area (Å²) in [6, 6.07) is 14.0. The molecule has 152 valence electrons. The molecule has 1 saturated heterocycles. The first-order chi connectivity index (χ1) is 13.8. The number of carbonyl (C=O) groups is 3. The minimum absolute atomic E-state index is 0.0756. The minimum atomic E-state index is -1.08. The van der Waals surface area contributed by atoms with Crippen LogP contribution in [0.5, 0.6) is 0 Å². The second-order valence-electron chi connectivity index (χ2n) is 7.24. The highest BCUT2D eigenvalue weighted by molar-refractivity contribution is 5.89. The van der Waals surface area contributed by atoms with Crippen molar-refractivity contribution in [1.82, 2.24) is 10.2 Å². The van der Waals surface area contributed by atoms with Crippen molar-refractivity contribution in [3.63, 3.8) is 0 Å². The van der Waals surface area contributed by atoms with E-state index in [1.807, 2.05) is 37.3 Å². The number of carbonyl (C=O) groups excluding carboxylic acids is 2. The van der Waals surface area contributed by atoms with Crippen molar-refractivity contribution >= 4 is 17.8 Å². The Bertz CT molecular complexity index is 885. The van der Waals surface area contributed by atoms with Crippen molar-refractivity contribution in [2.24, 2.45) is 5.92 Å². The van der Waals surface area contributed by atoms with Gasteiger partial charge in [-0.15, -0.1) is 0 Å². The molecule has 2 aromatic carbocycles. The SMILES string of the molecule is CC(c1ccccc1)N1CC(C(=O)NC(CC(=O)O)c2ccc(F)cc2)CC1=O. The number of benzene rings is 2. The zero-order valence-electron chi connectivity index (χ0n) is 16.0. The third-order valence-corrected chi connectivity index (χ3v) is 5.25. The van der Waals surface area contributed by atoms with Crippen LogP contribution >= 0.6 is 0 Å². The first kappa shape index (κ1) is 20.5. The lowest BCUT2D eigenvalue weighted by molar-refractivity contribution is -0.138. The molecule has 3 atom stereocenters. The maximum atomic E-state index is 13.2. The lowest BCUT2D eigenvalue weighted by Crippen LogP contribution is -2.36. The van der Waals surface area contributed by atoms with Crippen molar-refractivity contribution < 1.29 is 23.9 Å². The molecule has 3 rings (SSSR count). The molecule has 6 nitrogen and oxygen atoms in total. The predicted octanol–water partition coefficient (Wildman–Crippen LogP) is 3.07. The quantitative estimate of drug-likeness (QED) is 0.751. The number of nitrogens with zero attached hydrogens (tertiary/aromatic N) is 1. The molecule has 2 N–H and O–H groups in total. The summed E-state index contributed by atoms with van der Waals surface area (Å²) in [5.74, 6) is -2.58. The number of amides is 2. The number of nitrogens with one attached hydrogen (secondary N) is 1. The second-order valence-corrected chi connectivity index (χ2v) is 7.24. The van der Waals surface area contributed by atoms with Gasteiger partial charge >= 0.3 is 5.97 Å². The Labute approximate surface area is 168 Å². The Balaban J connectivity index is 1.69. The fourth-order valence-corrected chi connectivity index (χ4v) is 3.60. The summed E-state index contributed by atoms with van der Waals surface area (Å²) in [5, 5.41) is 11.9. The molecule has 1 aliphatic rings. The highest BCUT2D eigenvalue weighted by Crippen LogP contribution is 2.29. The van der Waals surface area contributed by atoms with Crippen LogP contribution in [0, 0.1) is 11.7 Å². The van der Waals surface area contributed by atoms with Gasteiger partial charge in [-0.05, 0) is 30.2 Å². The Morgan fingerprint density at radius 1 is 1.14 bits per heavy atom. The van der Waals surface area contributed by atoms with Crippen LogP contribution in [0.4, 0.5) is 4.39 Å². The molecule has 0 aromatic heterocycles. The Morgan fingerprint density at radius 3 is 2.41 bits per heavy atom. The number of rotatable bonds is 7. The highest BCUT2D eigenvalue weighted by atomic mass is 19.1. The van der Waals surface area contributed by atoms with Crippen LogP contribution in [-0.4, -0.2) is 34.3 Å². The average molecular weight is 398 g/mol. The summed E-state index contributed by atoms with van der Waals surface area (Å²) in [5.41, 5.74) is 1.48. The average Bonchev–Trinajstić information content (AvgIpc) is 3.09. The summed E-state index contributed by atoms with van der Waals surface area (Å²) in [6.45, 7) is 2.18. The number of carboxylic acid groups (broad SMARTS) is 1. The lowest BCUT2D eigenvalue weighted by atomic mass is 10.0. The predicted molar refractivity (Wildman–Crippen MR) is 104 cm³/mol. The lowest BCUT2D eigenvalue weighted by Gasteiger charge is -2.25. The first-order valence-electron chi connectivity index (χ1n) is 9.47. The molecule has 0 aliphatic carbocycles. The van der Waals surface area contributed by atoms with E-state index in [0.717, 1.165) is 5.56 Å². The number of hydrogen-bond acceptors (Lipinski definition) is 3. The van der Waals surface area contributed by atoms with E-state index in [2.05, 4.69) is 5.32 Å². The molecular weight excluding hydrogens is 375 g/mol. The topological polar surface area (TPSA) is 86.7 Å². The van der Waals surface area contributed by atoms with Gasteiger partial charge in [-0.1, -0.05) is 42.5 Å². The van der Waals surface area contributed by atoms with E-state index >= 15 is 0 Å². The second kappa shape index (κ2) is 8.86.